The van der Waals surface area contributed by atoms with Crippen LogP contribution in [0, 0.1) is 10.1 Å². The molecule has 0 N–H and O–H groups in total. The first kappa shape index (κ1) is 13.3. The molecular formula is C10H11NO5S. The van der Waals surface area contributed by atoms with E-state index in [1.165, 1.54) is 24.3 Å². The Labute approximate surface area is 100 Å². The standard InChI is InChI=1S/C10H11NO5S/c1-2-16-10(12)7-17(15)9-5-3-8(4-6-9)11(13)14/h3-6H,2,7H2,1H3. The molecule has 0 aliphatic rings. The number of ether oxygens (including phenoxy) is 1. The highest BCUT2D eigenvalue weighted by Crippen LogP contribution is 2.14. The fourth-order valence-electron chi connectivity index (χ4n) is 1.11. The molecule has 0 heterocycles. The molecule has 1 atom stereocenters. The second-order valence-electron chi connectivity index (χ2n) is 3.05. The maximum absolute atomic E-state index is 11.7. The first-order chi connectivity index (χ1) is 8.04. The Morgan fingerprint density at radius 3 is 2.47 bits per heavy atom. The van der Waals surface area contributed by atoms with E-state index >= 15 is 0 Å². The second-order valence-corrected chi connectivity index (χ2v) is 4.50. The molecule has 92 valence electrons. The van der Waals surface area contributed by atoms with Crippen molar-refractivity contribution < 1.29 is 18.7 Å². The van der Waals surface area contributed by atoms with Gasteiger partial charge in [0.2, 0.25) is 0 Å². The predicted octanol–water partition coefficient (Wildman–Crippen LogP) is 1.27. The summed E-state index contributed by atoms with van der Waals surface area (Å²) in [6.45, 7) is 1.89. The molecule has 0 saturated carbocycles. The van der Waals surface area contributed by atoms with E-state index in [0.717, 1.165) is 0 Å². The van der Waals surface area contributed by atoms with Crippen molar-refractivity contribution in [1.29, 1.82) is 0 Å². The summed E-state index contributed by atoms with van der Waals surface area (Å²) in [6.07, 6.45) is 0. The van der Waals surface area contributed by atoms with Crippen molar-refractivity contribution in [2.45, 2.75) is 11.8 Å². The number of non-ortho nitro benzene ring substituents is 1. The Kier molecular flexibility index (Phi) is 4.77. The molecular weight excluding hydrogens is 246 g/mol. The highest BCUT2D eigenvalue weighted by atomic mass is 32.2. The van der Waals surface area contributed by atoms with Crippen LogP contribution in [0.1, 0.15) is 6.92 Å². The van der Waals surface area contributed by atoms with E-state index in [4.69, 9.17) is 0 Å². The number of carbonyl (C=O) groups is 1. The quantitative estimate of drug-likeness (QED) is 0.450. The van der Waals surface area contributed by atoms with E-state index in [9.17, 15) is 19.1 Å². The van der Waals surface area contributed by atoms with Crippen molar-refractivity contribution in [3.8, 4) is 0 Å². The molecule has 1 rings (SSSR count). The first-order valence-corrected chi connectivity index (χ1v) is 6.15. The number of hydrogen-bond donors (Lipinski definition) is 0. The van der Waals surface area contributed by atoms with Gasteiger partial charge >= 0.3 is 5.97 Å². The minimum Gasteiger partial charge on any atom is -0.465 e. The van der Waals surface area contributed by atoms with E-state index in [2.05, 4.69) is 4.74 Å². The maximum atomic E-state index is 11.7. The molecule has 1 aromatic rings. The molecule has 1 aromatic carbocycles. The third-order valence-electron chi connectivity index (χ3n) is 1.86. The molecule has 0 aliphatic carbocycles. The third kappa shape index (κ3) is 3.95. The summed E-state index contributed by atoms with van der Waals surface area (Å²) in [6, 6.07) is 5.23. The number of hydrogen-bond acceptors (Lipinski definition) is 5. The lowest BCUT2D eigenvalue weighted by atomic mass is 10.3. The summed E-state index contributed by atoms with van der Waals surface area (Å²) < 4.78 is 16.3. The molecule has 0 spiro atoms. The average Bonchev–Trinajstić information content (AvgIpc) is 2.29. The number of esters is 1. The maximum Gasteiger partial charge on any atom is 0.318 e. The zero-order valence-electron chi connectivity index (χ0n) is 9.12. The zero-order valence-corrected chi connectivity index (χ0v) is 9.94. The molecule has 17 heavy (non-hydrogen) atoms. The molecule has 0 fully saturated rings. The fraction of sp³-hybridized carbons (Fsp3) is 0.300. The number of benzene rings is 1. The number of nitro benzene ring substituents is 1. The predicted molar refractivity (Wildman–Crippen MR) is 61.0 cm³/mol. The van der Waals surface area contributed by atoms with Gasteiger partial charge in [0, 0.05) is 17.0 Å². The summed E-state index contributed by atoms with van der Waals surface area (Å²) >= 11 is 0. The van der Waals surface area contributed by atoms with E-state index in [1.807, 2.05) is 0 Å². The van der Waals surface area contributed by atoms with Gasteiger partial charge in [0.05, 0.1) is 22.3 Å². The Hall–Kier alpha value is -1.76. The Morgan fingerprint density at radius 1 is 1.41 bits per heavy atom. The second kappa shape index (κ2) is 6.09. The van der Waals surface area contributed by atoms with Gasteiger partial charge in [-0.3, -0.25) is 19.1 Å². The number of rotatable bonds is 5. The Morgan fingerprint density at radius 2 is 2.00 bits per heavy atom. The highest BCUT2D eigenvalue weighted by molar-refractivity contribution is 7.85. The smallest absolute Gasteiger partial charge is 0.318 e. The van der Waals surface area contributed by atoms with Gasteiger partial charge in [0.15, 0.2) is 0 Å². The summed E-state index contributed by atoms with van der Waals surface area (Å²) in [5.74, 6) is -0.796. The van der Waals surface area contributed by atoms with Gasteiger partial charge in [-0.2, -0.15) is 0 Å². The molecule has 1 unspecified atom stereocenters. The third-order valence-corrected chi connectivity index (χ3v) is 3.16. The summed E-state index contributed by atoms with van der Waals surface area (Å²) in [5.41, 5.74) is -0.0816. The zero-order chi connectivity index (χ0) is 12.8. The number of nitrogens with zero attached hydrogens (tertiary/aromatic N) is 1. The van der Waals surface area contributed by atoms with Crippen LogP contribution in [-0.4, -0.2) is 27.5 Å². The lowest BCUT2D eigenvalue weighted by Gasteiger charge is -2.02. The van der Waals surface area contributed by atoms with E-state index in [-0.39, 0.29) is 18.0 Å². The SMILES string of the molecule is CCOC(=O)CS(=O)c1ccc([N+](=O)[O-])cc1. The van der Waals surface area contributed by atoms with Gasteiger partial charge in [0.25, 0.3) is 5.69 Å². The molecule has 0 bridgehead atoms. The van der Waals surface area contributed by atoms with Crippen LogP contribution < -0.4 is 0 Å². The van der Waals surface area contributed by atoms with E-state index in [1.54, 1.807) is 6.92 Å². The van der Waals surface area contributed by atoms with Crippen LogP contribution in [0.2, 0.25) is 0 Å². The van der Waals surface area contributed by atoms with Crippen molar-refractivity contribution in [2.24, 2.45) is 0 Å². The van der Waals surface area contributed by atoms with Crippen molar-refractivity contribution in [2.75, 3.05) is 12.4 Å². The van der Waals surface area contributed by atoms with Crippen LogP contribution in [0.3, 0.4) is 0 Å². The van der Waals surface area contributed by atoms with Gasteiger partial charge in [0.1, 0.15) is 5.75 Å². The van der Waals surface area contributed by atoms with Crippen molar-refractivity contribution in [3.63, 3.8) is 0 Å². The highest BCUT2D eigenvalue weighted by Gasteiger charge is 2.12. The average molecular weight is 257 g/mol. The van der Waals surface area contributed by atoms with Gasteiger partial charge in [-0.25, -0.2) is 0 Å². The lowest BCUT2D eigenvalue weighted by Crippen LogP contribution is -2.14. The van der Waals surface area contributed by atoms with Crippen LogP contribution in [-0.2, 0) is 20.3 Å². The minimum absolute atomic E-state index is 0.0816. The Balaban J connectivity index is 2.70. The van der Waals surface area contributed by atoms with Gasteiger partial charge in [-0.1, -0.05) is 0 Å². The van der Waals surface area contributed by atoms with Crippen molar-refractivity contribution in [3.05, 3.63) is 34.4 Å². The fourth-order valence-corrected chi connectivity index (χ4v) is 2.02. The molecule has 0 aromatic heterocycles. The molecule has 0 saturated heterocycles. The monoisotopic (exact) mass is 257 g/mol. The largest absolute Gasteiger partial charge is 0.465 e. The van der Waals surface area contributed by atoms with Crippen LogP contribution in [0.25, 0.3) is 0 Å². The molecule has 0 radical (unpaired) electrons. The van der Waals surface area contributed by atoms with E-state index in [0.29, 0.717) is 4.90 Å². The number of nitro groups is 1. The van der Waals surface area contributed by atoms with Crippen LogP contribution in [0.4, 0.5) is 5.69 Å². The van der Waals surface area contributed by atoms with Gasteiger partial charge < -0.3 is 4.74 Å². The van der Waals surface area contributed by atoms with Crippen LogP contribution >= 0.6 is 0 Å². The Bertz CT molecular complexity index is 443. The summed E-state index contributed by atoms with van der Waals surface area (Å²) in [5, 5.41) is 10.4. The first-order valence-electron chi connectivity index (χ1n) is 4.83. The summed E-state index contributed by atoms with van der Waals surface area (Å²) in [7, 11) is -1.53. The van der Waals surface area contributed by atoms with Crippen LogP contribution in [0.15, 0.2) is 29.2 Å². The van der Waals surface area contributed by atoms with Crippen molar-refractivity contribution >= 4 is 22.5 Å². The van der Waals surface area contributed by atoms with Gasteiger partial charge in [-0.15, -0.1) is 0 Å². The topological polar surface area (TPSA) is 86.5 Å². The number of carbonyl (C=O) groups excluding carboxylic acids is 1. The van der Waals surface area contributed by atoms with Crippen LogP contribution in [0.5, 0.6) is 0 Å². The van der Waals surface area contributed by atoms with Crippen molar-refractivity contribution in [1.82, 2.24) is 0 Å². The molecule has 6 nitrogen and oxygen atoms in total. The molecule has 0 aliphatic heterocycles. The normalized spacial score (nSPS) is 11.8. The summed E-state index contributed by atoms with van der Waals surface area (Å²) in [4.78, 5) is 21.3. The van der Waals surface area contributed by atoms with Gasteiger partial charge in [-0.05, 0) is 19.1 Å². The molecule has 0 amide bonds. The molecule has 7 heteroatoms. The lowest BCUT2D eigenvalue weighted by molar-refractivity contribution is -0.384. The minimum atomic E-state index is -1.53. The van der Waals surface area contributed by atoms with E-state index < -0.39 is 21.7 Å².